The summed E-state index contributed by atoms with van der Waals surface area (Å²) >= 11 is 0. The summed E-state index contributed by atoms with van der Waals surface area (Å²) in [6, 6.07) is 4.96. The number of carbonyl (C=O) groups is 4. The van der Waals surface area contributed by atoms with E-state index in [0.717, 1.165) is 12.1 Å². The van der Waals surface area contributed by atoms with E-state index in [4.69, 9.17) is 34.4 Å². The molecule has 0 saturated carbocycles. The van der Waals surface area contributed by atoms with E-state index < -0.39 is 17.9 Å². The van der Waals surface area contributed by atoms with Gasteiger partial charge in [-0.05, 0) is 24.3 Å². The molecule has 0 aliphatic heterocycles. The molecule has 154 valence electrons. The quantitative estimate of drug-likeness (QED) is 0.598. The summed E-state index contributed by atoms with van der Waals surface area (Å²) in [5.41, 5.74) is 0. The number of carboxylic acids is 3. The first-order chi connectivity index (χ1) is 12.7. The van der Waals surface area contributed by atoms with E-state index in [2.05, 4.69) is 4.42 Å². The van der Waals surface area contributed by atoms with Gasteiger partial charge in [-0.25, -0.2) is 14.4 Å². The van der Waals surface area contributed by atoms with Crippen molar-refractivity contribution in [3.05, 3.63) is 57.2 Å². The van der Waals surface area contributed by atoms with Gasteiger partial charge in [0.25, 0.3) is 0 Å². The van der Waals surface area contributed by atoms with Crippen LogP contribution in [0.3, 0.4) is 0 Å². The van der Waals surface area contributed by atoms with Crippen molar-refractivity contribution < 1.29 is 48.1 Å². The maximum Gasteiger partial charge on any atom is 0.371 e. The number of furan rings is 2. The highest BCUT2D eigenvalue weighted by Gasteiger charge is 2.12. The fraction of sp³-hybridized carbons (Fsp3) is 0.250. The SMILES string of the molecule is C.CCC(=O)OCc1ccc(C(=O)O)o1.O=C(O)c1ccc(C(=O)O)o1.O=O. The highest BCUT2D eigenvalue weighted by Crippen LogP contribution is 2.09. The van der Waals surface area contributed by atoms with E-state index in [1.54, 1.807) is 6.92 Å². The first-order valence-electron chi connectivity index (χ1n) is 6.95. The molecular weight excluding hydrogens is 384 g/mol. The van der Waals surface area contributed by atoms with Crippen molar-refractivity contribution in [3.63, 3.8) is 0 Å². The largest absolute Gasteiger partial charge is 0.475 e. The standard InChI is InChI=1S/C9H10O5.C6H4O5.CH4.O2/c1-2-8(10)13-5-6-3-4-7(14-6)9(11)12;7-5(8)3-1-2-4(11-3)6(9)10;;1-2/h3-4H,2,5H2,1H3,(H,11,12);1-2H,(H,7,8)(H,9,10);1H4;. The van der Waals surface area contributed by atoms with Gasteiger partial charge in [0.1, 0.15) is 12.4 Å². The highest BCUT2D eigenvalue weighted by molar-refractivity contribution is 5.89. The van der Waals surface area contributed by atoms with Crippen LogP contribution in [0.4, 0.5) is 0 Å². The summed E-state index contributed by atoms with van der Waals surface area (Å²) < 4.78 is 14.0. The van der Waals surface area contributed by atoms with Crippen LogP contribution in [0.2, 0.25) is 0 Å². The summed E-state index contributed by atoms with van der Waals surface area (Å²) in [5.74, 6) is -4.63. The third-order valence-corrected chi connectivity index (χ3v) is 2.56. The Kier molecular flexibility index (Phi) is 12.5. The number of rotatable bonds is 6. The second-order valence-electron chi connectivity index (χ2n) is 4.36. The maximum atomic E-state index is 10.7. The molecule has 0 aromatic carbocycles. The predicted octanol–water partition coefficient (Wildman–Crippen LogP) is 2.81. The van der Waals surface area contributed by atoms with Crippen LogP contribution in [0.15, 0.2) is 33.1 Å². The molecule has 2 rings (SSSR count). The van der Waals surface area contributed by atoms with Crippen LogP contribution in [-0.2, 0) is 16.1 Å². The smallest absolute Gasteiger partial charge is 0.371 e. The lowest BCUT2D eigenvalue weighted by molar-refractivity contribution is -0.145. The zero-order chi connectivity index (χ0) is 21.0. The Balaban J connectivity index is 0. The van der Waals surface area contributed by atoms with Gasteiger partial charge in [0.15, 0.2) is 0 Å². The molecule has 0 unspecified atom stereocenters. The lowest BCUT2D eigenvalue weighted by Gasteiger charge is -1.98. The molecule has 0 fully saturated rings. The molecular formula is C16H18O12. The second kappa shape index (κ2) is 13.3. The number of aromatic carboxylic acids is 3. The van der Waals surface area contributed by atoms with Crippen LogP contribution < -0.4 is 0 Å². The summed E-state index contributed by atoms with van der Waals surface area (Å²) in [6.07, 6.45) is 0.284. The molecule has 0 aliphatic rings. The third-order valence-electron chi connectivity index (χ3n) is 2.56. The number of hydrogen-bond donors (Lipinski definition) is 3. The molecule has 0 atom stereocenters. The van der Waals surface area contributed by atoms with Gasteiger partial charge in [0.2, 0.25) is 17.3 Å². The van der Waals surface area contributed by atoms with Crippen molar-refractivity contribution in [1.29, 1.82) is 0 Å². The van der Waals surface area contributed by atoms with Crippen LogP contribution >= 0.6 is 0 Å². The molecule has 0 amide bonds. The van der Waals surface area contributed by atoms with E-state index >= 15 is 0 Å². The average Bonchev–Trinajstić information content (AvgIpc) is 3.31. The Morgan fingerprint density at radius 1 is 0.821 bits per heavy atom. The fourth-order valence-corrected chi connectivity index (χ4v) is 1.39. The number of carboxylic acid groups (broad SMARTS) is 3. The normalized spacial score (nSPS) is 8.75. The van der Waals surface area contributed by atoms with E-state index in [9.17, 15) is 19.2 Å². The van der Waals surface area contributed by atoms with Crippen LogP contribution in [-0.4, -0.2) is 39.2 Å². The maximum absolute atomic E-state index is 10.7. The molecule has 2 heterocycles. The number of hydrogen-bond acceptors (Lipinski definition) is 9. The number of esters is 1. The summed E-state index contributed by atoms with van der Waals surface area (Å²) in [5, 5.41) is 25.1. The number of carbonyl (C=O) groups excluding carboxylic acids is 1. The van der Waals surface area contributed by atoms with Gasteiger partial charge in [0.05, 0.1) is 0 Å². The lowest BCUT2D eigenvalue weighted by Crippen LogP contribution is -2.01. The summed E-state index contributed by atoms with van der Waals surface area (Å²) in [7, 11) is 0. The minimum atomic E-state index is -1.28. The average molecular weight is 402 g/mol. The Morgan fingerprint density at radius 3 is 1.54 bits per heavy atom. The van der Waals surface area contributed by atoms with Crippen molar-refractivity contribution >= 4 is 23.9 Å². The minimum Gasteiger partial charge on any atom is -0.475 e. The van der Waals surface area contributed by atoms with Crippen molar-refractivity contribution in [2.75, 3.05) is 0 Å². The van der Waals surface area contributed by atoms with Gasteiger partial charge in [-0.15, -0.1) is 0 Å². The Bertz CT molecular complexity index is 757. The molecule has 3 N–H and O–H groups in total. The molecule has 0 radical (unpaired) electrons. The first kappa shape index (κ1) is 26.3. The molecule has 2 aromatic rings. The molecule has 0 aliphatic carbocycles. The van der Waals surface area contributed by atoms with Gasteiger partial charge >= 0.3 is 23.9 Å². The molecule has 12 nitrogen and oxygen atoms in total. The van der Waals surface area contributed by atoms with E-state index in [-0.39, 0.29) is 43.7 Å². The van der Waals surface area contributed by atoms with Gasteiger partial charge in [-0.2, -0.15) is 0 Å². The number of ether oxygens (including phenoxy) is 1. The van der Waals surface area contributed by atoms with Gasteiger partial charge in [-0.3, -0.25) is 4.79 Å². The fourth-order valence-electron chi connectivity index (χ4n) is 1.39. The van der Waals surface area contributed by atoms with Crippen molar-refractivity contribution in [3.8, 4) is 0 Å². The van der Waals surface area contributed by atoms with Crippen molar-refractivity contribution in [2.45, 2.75) is 27.4 Å². The highest BCUT2D eigenvalue weighted by atomic mass is 16.7. The second-order valence-corrected chi connectivity index (χ2v) is 4.36. The molecule has 0 saturated heterocycles. The Labute approximate surface area is 157 Å². The summed E-state index contributed by atoms with van der Waals surface area (Å²) in [4.78, 5) is 55.5. The Morgan fingerprint density at radius 2 is 1.21 bits per heavy atom. The van der Waals surface area contributed by atoms with Crippen molar-refractivity contribution in [2.24, 2.45) is 0 Å². The lowest BCUT2D eigenvalue weighted by atomic mass is 10.4. The topological polar surface area (TPSA) is 199 Å². The first-order valence-corrected chi connectivity index (χ1v) is 6.95. The molecule has 12 heteroatoms. The molecule has 2 aromatic heterocycles. The van der Waals surface area contributed by atoms with Crippen LogP contribution in [0.5, 0.6) is 0 Å². The minimum absolute atomic E-state index is 0. The zero-order valence-corrected chi connectivity index (χ0v) is 13.7. The third kappa shape index (κ3) is 8.94. The van der Waals surface area contributed by atoms with Gasteiger partial charge < -0.3 is 28.9 Å². The molecule has 0 bridgehead atoms. The Hall–Kier alpha value is -3.96. The van der Waals surface area contributed by atoms with E-state index in [0.29, 0.717) is 5.76 Å². The van der Waals surface area contributed by atoms with Crippen LogP contribution in [0.25, 0.3) is 0 Å². The van der Waals surface area contributed by atoms with Gasteiger partial charge in [-0.1, -0.05) is 14.4 Å². The van der Waals surface area contributed by atoms with Crippen LogP contribution in [0.1, 0.15) is 58.2 Å². The summed E-state index contributed by atoms with van der Waals surface area (Å²) in [6.45, 7) is 1.65. The zero-order valence-electron chi connectivity index (χ0n) is 13.7. The molecule has 0 spiro atoms. The monoisotopic (exact) mass is 402 g/mol. The predicted molar refractivity (Wildman–Crippen MR) is 91.8 cm³/mol. The van der Waals surface area contributed by atoms with E-state index in [1.165, 1.54) is 12.1 Å². The van der Waals surface area contributed by atoms with Gasteiger partial charge in [0, 0.05) is 16.4 Å². The molecule has 28 heavy (non-hydrogen) atoms. The van der Waals surface area contributed by atoms with E-state index in [1.807, 2.05) is 0 Å². The van der Waals surface area contributed by atoms with Crippen molar-refractivity contribution in [1.82, 2.24) is 0 Å². The van der Waals surface area contributed by atoms with Crippen LogP contribution in [0, 0.1) is 9.93 Å².